The summed E-state index contributed by atoms with van der Waals surface area (Å²) in [7, 11) is 1.59. The van der Waals surface area contributed by atoms with Crippen LogP contribution in [-0.4, -0.2) is 30.2 Å². The number of methoxy groups -OCH3 is 1. The summed E-state index contributed by atoms with van der Waals surface area (Å²) in [5.74, 6) is 1.90. The van der Waals surface area contributed by atoms with Crippen molar-refractivity contribution in [3.8, 4) is 17.6 Å². The van der Waals surface area contributed by atoms with Crippen molar-refractivity contribution in [2.45, 2.75) is 0 Å². The van der Waals surface area contributed by atoms with Gasteiger partial charge in [-0.3, -0.25) is 10.1 Å². The number of benzene rings is 2. The van der Waals surface area contributed by atoms with Gasteiger partial charge in [0.25, 0.3) is 5.69 Å². The van der Waals surface area contributed by atoms with E-state index in [4.69, 9.17) is 9.47 Å². The number of nitrogens with one attached hydrogen (secondary N) is 1. The Morgan fingerprint density at radius 3 is 2.78 bits per heavy atom. The van der Waals surface area contributed by atoms with E-state index in [-0.39, 0.29) is 5.69 Å². The Labute approximate surface area is 155 Å². The first kappa shape index (κ1) is 17.9. The number of nitrogens with zero attached hydrogens (tertiary/aromatic N) is 3. The van der Waals surface area contributed by atoms with Crippen LogP contribution in [0.15, 0.2) is 48.5 Å². The molecule has 8 nitrogen and oxygen atoms in total. The van der Waals surface area contributed by atoms with Gasteiger partial charge >= 0.3 is 0 Å². The normalized spacial score (nSPS) is 10.2. The number of rotatable bonds is 7. The predicted molar refractivity (Wildman–Crippen MR) is 100 cm³/mol. The number of aromatic nitrogens is 1. The summed E-state index contributed by atoms with van der Waals surface area (Å²) < 4.78 is 10.8. The lowest BCUT2D eigenvalue weighted by Gasteiger charge is -2.10. The van der Waals surface area contributed by atoms with Gasteiger partial charge in [-0.1, -0.05) is 6.07 Å². The molecule has 8 heteroatoms. The second-order valence-corrected chi connectivity index (χ2v) is 5.58. The standard InChI is InChI=1S/C19H16N4O4/c1-26-15-3-2-4-16(11-15)27-8-7-21-19-9-13(12-20)17-10-14(23(24)25)5-6-18(17)22-19/h2-6,9-11H,7-8H2,1H3,(H,21,22). The highest BCUT2D eigenvalue weighted by atomic mass is 16.6. The molecule has 3 rings (SSSR count). The van der Waals surface area contributed by atoms with Gasteiger partial charge in [0.15, 0.2) is 0 Å². The molecular weight excluding hydrogens is 348 g/mol. The Morgan fingerprint density at radius 1 is 1.22 bits per heavy atom. The summed E-state index contributed by atoms with van der Waals surface area (Å²) in [4.78, 5) is 14.8. The Hall–Kier alpha value is -3.86. The molecule has 3 aromatic rings. The maximum atomic E-state index is 10.9. The highest BCUT2D eigenvalue weighted by Gasteiger charge is 2.11. The molecule has 1 aromatic heterocycles. The number of fused-ring (bicyclic) bond motifs is 1. The smallest absolute Gasteiger partial charge is 0.270 e. The van der Waals surface area contributed by atoms with Crippen molar-refractivity contribution in [2.24, 2.45) is 0 Å². The first-order valence-electron chi connectivity index (χ1n) is 8.11. The Bertz CT molecular complexity index is 1030. The molecule has 0 bridgehead atoms. The van der Waals surface area contributed by atoms with Gasteiger partial charge in [0.2, 0.25) is 0 Å². The van der Waals surface area contributed by atoms with E-state index in [1.54, 1.807) is 19.2 Å². The fourth-order valence-corrected chi connectivity index (χ4v) is 2.55. The number of non-ortho nitro benzene ring substituents is 1. The summed E-state index contributed by atoms with van der Waals surface area (Å²) in [6.07, 6.45) is 0. The molecule has 1 N–H and O–H groups in total. The molecule has 0 aliphatic carbocycles. The third-order valence-corrected chi connectivity index (χ3v) is 3.84. The fraction of sp³-hybridized carbons (Fsp3) is 0.158. The van der Waals surface area contributed by atoms with Crippen molar-refractivity contribution >= 4 is 22.4 Å². The van der Waals surface area contributed by atoms with Crippen LogP contribution in [0, 0.1) is 21.4 Å². The summed E-state index contributed by atoms with van der Waals surface area (Å²) in [6, 6.07) is 15.2. The molecule has 0 aliphatic rings. The maximum absolute atomic E-state index is 10.9. The quantitative estimate of drug-likeness (QED) is 0.388. The first-order chi connectivity index (χ1) is 13.1. The van der Waals surface area contributed by atoms with E-state index in [0.29, 0.717) is 46.9 Å². The number of pyridine rings is 1. The molecule has 1 heterocycles. The topological polar surface area (TPSA) is 110 Å². The lowest BCUT2D eigenvalue weighted by Crippen LogP contribution is -2.12. The zero-order chi connectivity index (χ0) is 19.2. The summed E-state index contributed by atoms with van der Waals surface area (Å²) >= 11 is 0. The van der Waals surface area contributed by atoms with Crippen molar-refractivity contribution in [3.63, 3.8) is 0 Å². The number of ether oxygens (including phenoxy) is 2. The van der Waals surface area contributed by atoms with Crippen LogP contribution in [0.3, 0.4) is 0 Å². The van der Waals surface area contributed by atoms with Gasteiger partial charge in [-0.25, -0.2) is 4.98 Å². The Balaban J connectivity index is 1.69. The van der Waals surface area contributed by atoms with Gasteiger partial charge in [-0.05, 0) is 24.3 Å². The van der Waals surface area contributed by atoms with Gasteiger partial charge < -0.3 is 14.8 Å². The highest BCUT2D eigenvalue weighted by molar-refractivity contribution is 5.88. The summed E-state index contributed by atoms with van der Waals surface area (Å²) in [5, 5.41) is 23.8. The SMILES string of the molecule is COc1cccc(OCCNc2cc(C#N)c3cc([N+](=O)[O-])ccc3n2)c1. The number of hydrogen-bond acceptors (Lipinski definition) is 7. The number of nitro benzene ring substituents is 1. The summed E-state index contributed by atoms with van der Waals surface area (Å²) in [5.41, 5.74) is 0.754. The van der Waals surface area contributed by atoms with Crippen LogP contribution >= 0.6 is 0 Å². The van der Waals surface area contributed by atoms with Crippen LogP contribution in [0.5, 0.6) is 11.5 Å². The minimum absolute atomic E-state index is 0.0757. The zero-order valence-electron chi connectivity index (χ0n) is 14.5. The molecule has 0 aliphatic heterocycles. The number of hydrogen-bond donors (Lipinski definition) is 1. The highest BCUT2D eigenvalue weighted by Crippen LogP contribution is 2.25. The first-order valence-corrected chi connectivity index (χ1v) is 8.11. The minimum Gasteiger partial charge on any atom is -0.497 e. The van der Waals surface area contributed by atoms with E-state index < -0.39 is 4.92 Å². The van der Waals surface area contributed by atoms with Crippen LogP contribution in [0.2, 0.25) is 0 Å². The molecule has 2 aromatic carbocycles. The lowest BCUT2D eigenvalue weighted by molar-refractivity contribution is -0.384. The molecule has 0 atom stereocenters. The number of nitro groups is 1. The molecular formula is C19H16N4O4. The van der Waals surface area contributed by atoms with Crippen molar-refractivity contribution in [3.05, 3.63) is 64.2 Å². The average molecular weight is 364 g/mol. The van der Waals surface area contributed by atoms with E-state index >= 15 is 0 Å². The van der Waals surface area contributed by atoms with Crippen LogP contribution < -0.4 is 14.8 Å². The zero-order valence-corrected chi connectivity index (χ0v) is 14.5. The number of nitriles is 1. The van der Waals surface area contributed by atoms with E-state index in [1.807, 2.05) is 18.2 Å². The third-order valence-electron chi connectivity index (χ3n) is 3.84. The van der Waals surface area contributed by atoms with Crippen molar-refractivity contribution < 1.29 is 14.4 Å². The van der Waals surface area contributed by atoms with Gasteiger partial charge in [0, 0.05) is 23.6 Å². The second kappa shape index (κ2) is 8.01. The van der Waals surface area contributed by atoms with Gasteiger partial charge in [0.05, 0.1) is 35.7 Å². The van der Waals surface area contributed by atoms with Crippen molar-refractivity contribution in [1.82, 2.24) is 4.98 Å². The van der Waals surface area contributed by atoms with E-state index in [1.165, 1.54) is 18.2 Å². The predicted octanol–water partition coefficient (Wildman–Crippen LogP) is 3.51. The molecule has 0 radical (unpaired) electrons. The minimum atomic E-state index is -0.497. The molecule has 0 fully saturated rings. The van der Waals surface area contributed by atoms with Crippen molar-refractivity contribution in [1.29, 1.82) is 5.26 Å². The maximum Gasteiger partial charge on any atom is 0.270 e. The molecule has 0 spiro atoms. The van der Waals surface area contributed by atoms with Crippen LogP contribution in [0.4, 0.5) is 11.5 Å². The third kappa shape index (κ3) is 4.22. The molecule has 0 amide bonds. The fourth-order valence-electron chi connectivity index (χ4n) is 2.55. The monoisotopic (exact) mass is 364 g/mol. The molecule has 136 valence electrons. The van der Waals surface area contributed by atoms with Gasteiger partial charge in [-0.2, -0.15) is 5.26 Å². The van der Waals surface area contributed by atoms with E-state index in [9.17, 15) is 15.4 Å². The molecule has 0 unspecified atom stereocenters. The molecule has 27 heavy (non-hydrogen) atoms. The van der Waals surface area contributed by atoms with Crippen molar-refractivity contribution in [2.75, 3.05) is 25.6 Å². The van der Waals surface area contributed by atoms with Gasteiger partial charge in [0.1, 0.15) is 23.9 Å². The van der Waals surface area contributed by atoms with Crippen LogP contribution in [0.1, 0.15) is 5.56 Å². The molecule has 0 saturated carbocycles. The Kier molecular flexibility index (Phi) is 5.33. The Morgan fingerprint density at radius 2 is 2.04 bits per heavy atom. The largest absolute Gasteiger partial charge is 0.497 e. The lowest BCUT2D eigenvalue weighted by atomic mass is 10.1. The number of anilines is 1. The van der Waals surface area contributed by atoms with E-state index in [2.05, 4.69) is 16.4 Å². The molecule has 0 saturated heterocycles. The van der Waals surface area contributed by atoms with Crippen LogP contribution in [0.25, 0.3) is 10.9 Å². The van der Waals surface area contributed by atoms with Crippen LogP contribution in [-0.2, 0) is 0 Å². The second-order valence-electron chi connectivity index (χ2n) is 5.58. The average Bonchev–Trinajstić information content (AvgIpc) is 2.70. The van der Waals surface area contributed by atoms with E-state index in [0.717, 1.165) is 0 Å². The summed E-state index contributed by atoms with van der Waals surface area (Å²) in [6.45, 7) is 0.850. The van der Waals surface area contributed by atoms with Gasteiger partial charge in [-0.15, -0.1) is 0 Å².